The molecule has 4 heteroatoms. The van der Waals surface area contributed by atoms with Crippen LogP contribution in [0, 0.1) is 3.57 Å². The average molecular weight is 387 g/mol. The summed E-state index contributed by atoms with van der Waals surface area (Å²) in [5.74, 6) is 0. The van der Waals surface area contributed by atoms with E-state index in [1.165, 1.54) is 9.13 Å². The fourth-order valence-corrected chi connectivity index (χ4v) is 2.83. The van der Waals surface area contributed by atoms with Crippen LogP contribution in [-0.4, -0.2) is 11.5 Å². The highest BCUT2D eigenvalue weighted by Crippen LogP contribution is 2.23. The second-order valence-corrected chi connectivity index (χ2v) is 5.99. The Morgan fingerprint density at radius 3 is 2.89 bits per heavy atom. The van der Waals surface area contributed by atoms with Crippen molar-refractivity contribution >= 4 is 34.2 Å². The topological polar surface area (TPSA) is 24.9 Å². The first-order valence-electron chi connectivity index (χ1n) is 6.28. The molecule has 1 aromatic heterocycles. The third-order valence-electron chi connectivity index (χ3n) is 2.98. The van der Waals surface area contributed by atoms with Gasteiger partial charge < -0.3 is 5.32 Å². The van der Waals surface area contributed by atoms with Gasteiger partial charge in [0.2, 0.25) is 0 Å². The standard InChI is InChI=1S/C15H16ClIN2/c1-2-19-15(12-4-3-5-13(17)8-12)9-11-6-7-18-10-14(11)16/h3-8,10,15,19H,2,9H2,1H3. The minimum Gasteiger partial charge on any atom is -0.310 e. The maximum atomic E-state index is 6.20. The van der Waals surface area contributed by atoms with Crippen LogP contribution in [-0.2, 0) is 6.42 Å². The smallest absolute Gasteiger partial charge is 0.0622 e. The van der Waals surface area contributed by atoms with Gasteiger partial charge in [0.1, 0.15) is 0 Å². The van der Waals surface area contributed by atoms with Gasteiger partial charge in [-0.3, -0.25) is 4.98 Å². The summed E-state index contributed by atoms with van der Waals surface area (Å²) in [6.45, 7) is 3.05. The van der Waals surface area contributed by atoms with E-state index in [1.807, 2.05) is 6.07 Å². The molecule has 0 fully saturated rings. The number of pyridine rings is 1. The van der Waals surface area contributed by atoms with Crippen molar-refractivity contribution in [2.75, 3.05) is 6.54 Å². The number of aromatic nitrogens is 1. The van der Waals surface area contributed by atoms with E-state index in [0.29, 0.717) is 0 Å². The fraction of sp³-hybridized carbons (Fsp3) is 0.267. The van der Waals surface area contributed by atoms with Crippen molar-refractivity contribution in [3.63, 3.8) is 0 Å². The molecule has 0 saturated carbocycles. The molecule has 0 aliphatic rings. The number of nitrogens with zero attached hydrogens (tertiary/aromatic N) is 1. The van der Waals surface area contributed by atoms with E-state index in [1.54, 1.807) is 12.4 Å². The first kappa shape index (κ1) is 14.8. The van der Waals surface area contributed by atoms with Gasteiger partial charge in [0.25, 0.3) is 0 Å². The molecule has 1 N–H and O–H groups in total. The van der Waals surface area contributed by atoms with Gasteiger partial charge in [0, 0.05) is 22.0 Å². The van der Waals surface area contributed by atoms with Crippen LogP contribution in [0.15, 0.2) is 42.7 Å². The molecule has 0 radical (unpaired) electrons. The SMILES string of the molecule is CCNC(Cc1ccncc1Cl)c1cccc(I)c1. The lowest BCUT2D eigenvalue weighted by Gasteiger charge is -2.19. The Kier molecular flexibility index (Phi) is 5.60. The van der Waals surface area contributed by atoms with Crippen LogP contribution in [0.2, 0.25) is 5.02 Å². The lowest BCUT2D eigenvalue weighted by molar-refractivity contribution is 0.549. The van der Waals surface area contributed by atoms with Gasteiger partial charge in [-0.1, -0.05) is 30.7 Å². The Hall–Kier alpha value is -0.650. The van der Waals surface area contributed by atoms with E-state index in [4.69, 9.17) is 11.6 Å². The molecule has 0 spiro atoms. The van der Waals surface area contributed by atoms with E-state index in [2.05, 4.69) is 64.1 Å². The van der Waals surface area contributed by atoms with E-state index >= 15 is 0 Å². The maximum Gasteiger partial charge on any atom is 0.0622 e. The first-order valence-corrected chi connectivity index (χ1v) is 7.73. The molecule has 0 saturated heterocycles. The molecule has 1 unspecified atom stereocenters. The largest absolute Gasteiger partial charge is 0.310 e. The average Bonchev–Trinajstić information content (AvgIpc) is 2.40. The minimum absolute atomic E-state index is 0.277. The summed E-state index contributed by atoms with van der Waals surface area (Å²) < 4.78 is 1.25. The van der Waals surface area contributed by atoms with Gasteiger partial charge in [0.15, 0.2) is 0 Å². The molecule has 2 aromatic rings. The normalized spacial score (nSPS) is 12.4. The highest BCUT2D eigenvalue weighted by molar-refractivity contribution is 14.1. The molecule has 1 aromatic carbocycles. The van der Waals surface area contributed by atoms with Crippen molar-refractivity contribution in [2.24, 2.45) is 0 Å². The summed E-state index contributed by atoms with van der Waals surface area (Å²) in [6, 6.07) is 10.8. The third kappa shape index (κ3) is 4.16. The van der Waals surface area contributed by atoms with Crippen molar-refractivity contribution in [1.29, 1.82) is 0 Å². The Balaban J connectivity index is 2.24. The van der Waals surface area contributed by atoms with Crippen LogP contribution in [0.1, 0.15) is 24.1 Å². The van der Waals surface area contributed by atoms with E-state index in [-0.39, 0.29) is 6.04 Å². The molecule has 0 amide bonds. The van der Waals surface area contributed by atoms with Crippen LogP contribution in [0.4, 0.5) is 0 Å². The number of nitrogens with one attached hydrogen (secondary N) is 1. The molecule has 0 aliphatic heterocycles. The zero-order valence-corrected chi connectivity index (χ0v) is 13.6. The van der Waals surface area contributed by atoms with Crippen LogP contribution < -0.4 is 5.32 Å². The lowest BCUT2D eigenvalue weighted by Crippen LogP contribution is -2.23. The number of halogens is 2. The van der Waals surface area contributed by atoms with E-state index < -0.39 is 0 Å². The monoisotopic (exact) mass is 386 g/mol. The number of hydrogen-bond acceptors (Lipinski definition) is 2. The molecule has 1 heterocycles. The Labute approximate surface area is 132 Å². The van der Waals surface area contributed by atoms with Crippen molar-refractivity contribution in [1.82, 2.24) is 10.3 Å². The van der Waals surface area contributed by atoms with Crippen molar-refractivity contribution in [2.45, 2.75) is 19.4 Å². The molecular formula is C15H16ClIN2. The van der Waals surface area contributed by atoms with Crippen LogP contribution in [0.5, 0.6) is 0 Å². The summed E-state index contributed by atoms with van der Waals surface area (Å²) >= 11 is 8.54. The summed E-state index contributed by atoms with van der Waals surface area (Å²) in [5, 5.41) is 4.25. The molecule has 2 nitrogen and oxygen atoms in total. The van der Waals surface area contributed by atoms with Gasteiger partial charge >= 0.3 is 0 Å². The van der Waals surface area contributed by atoms with Crippen LogP contribution >= 0.6 is 34.2 Å². The van der Waals surface area contributed by atoms with Gasteiger partial charge in [-0.05, 0) is 64.9 Å². The fourth-order valence-electron chi connectivity index (χ4n) is 2.07. The van der Waals surface area contributed by atoms with Gasteiger partial charge in [-0.2, -0.15) is 0 Å². The Morgan fingerprint density at radius 1 is 1.37 bits per heavy atom. The predicted molar refractivity (Wildman–Crippen MR) is 88.5 cm³/mol. The quantitative estimate of drug-likeness (QED) is 0.778. The summed E-state index contributed by atoms with van der Waals surface area (Å²) in [6.07, 6.45) is 4.36. The first-order chi connectivity index (χ1) is 9.20. The second-order valence-electron chi connectivity index (χ2n) is 4.34. The molecule has 19 heavy (non-hydrogen) atoms. The Bertz CT molecular complexity index is 545. The van der Waals surface area contributed by atoms with Gasteiger partial charge in [0.05, 0.1) is 5.02 Å². The predicted octanol–water partition coefficient (Wildman–Crippen LogP) is 4.23. The number of hydrogen-bond donors (Lipinski definition) is 1. The van der Waals surface area contributed by atoms with E-state index in [0.717, 1.165) is 23.6 Å². The third-order valence-corrected chi connectivity index (χ3v) is 3.99. The Morgan fingerprint density at radius 2 is 2.21 bits per heavy atom. The minimum atomic E-state index is 0.277. The van der Waals surface area contributed by atoms with Crippen LogP contribution in [0.3, 0.4) is 0 Å². The highest BCUT2D eigenvalue weighted by Gasteiger charge is 2.13. The molecule has 0 bridgehead atoms. The molecule has 100 valence electrons. The lowest BCUT2D eigenvalue weighted by atomic mass is 9.99. The van der Waals surface area contributed by atoms with Crippen LogP contribution in [0.25, 0.3) is 0 Å². The summed E-state index contributed by atoms with van der Waals surface area (Å²) in [7, 11) is 0. The molecule has 1 atom stereocenters. The number of rotatable bonds is 5. The summed E-state index contributed by atoms with van der Waals surface area (Å²) in [4.78, 5) is 4.03. The van der Waals surface area contributed by atoms with Crippen molar-refractivity contribution in [3.8, 4) is 0 Å². The zero-order chi connectivity index (χ0) is 13.7. The van der Waals surface area contributed by atoms with Crippen molar-refractivity contribution < 1.29 is 0 Å². The van der Waals surface area contributed by atoms with Crippen molar-refractivity contribution in [3.05, 3.63) is 62.4 Å². The number of benzene rings is 1. The molecule has 2 rings (SSSR count). The highest BCUT2D eigenvalue weighted by atomic mass is 127. The summed E-state index contributed by atoms with van der Waals surface area (Å²) in [5.41, 5.74) is 2.42. The molecule has 0 aliphatic carbocycles. The van der Waals surface area contributed by atoms with E-state index in [9.17, 15) is 0 Å². The van der Waals surface area contributed by atoms with Gasteiger partial charge in [-0.15, -0.1) is 0 Å². The maximum absolute atomic E-state index is 6.20. The molecular weight excluding hydrogens is 371 g/mol. The second kappa shape index (κ2) is 7.22. The number of likely N-dealkylation sites (N-methyl/N-ethyl adjacent to an activating group) is 1. The zero-order valence-electron chi connectivity index (χ0n) is 10.7. The van der Waals surface area contributed by atoms with Gasteiger partial charge in [-0.25, -0.2) is 0 Å².